The van der Waals surface area contributed by atoms with Gasteiger partial charge in [-0.3, -0.25) is 0 Å². The van der Waals surface area contributed by atoms with Crippen molar-refractivity contribution >= 4 is 15.9 Å². The molecular weight excluding hydrogens is 308 g/mol. The normalized spacial score (nSPS) is 21.6. The van der Waals surface area contributed by atoms with Crippen LogP contribution in [0.15, 0.2) is 18.2 Å². The summed E-state index contributed by atoms with van der Waals surface area (Å²) in [6.45, 7) is 0.559. The van der Waals surface area contributed by atoms with Crippen molar-refractivity contribution in [1.82, 2.24) is 10.2 Å². The van der Waals surface area contributed by atoms with E-state index in [4.69, 9.17) is 9.47 Å². The number of carbonyl (C=O) groups is 1. The van der Waals surface area contributed by atoms with Gasteiger partial charge in [0.25, 0.3) is 0 Å². The molecule has 3 rings (SSSR count). The lowest BCUT2D eigenvalue weighted by atomic mass is 10.2. The molecule has 1 fully saturated rings. The summed E-state index contributed by atoms with van der Waals surface area (Å²) in [5, 5.41) is 2.79. The first-order valence-corrected chi connectivity index (χ1v) is 8.86. The molecule has 2 amide bonds. The number of urea groups is 1. The molecule has 0 spiro atoms. The highest BCUT2D eigenvalue weighted by atomic mass is 32.2. The van der Waals surface area contributed by atoms with Crippen LogP contribution in [0.5, 0.6) is 11.5 Å². The van der Waals surface area contributed by atoms with Crippen LogP contribution < -0.4 is 14.8 Å². The number of benzene rings is 1. The minimum Gasteiger partial charge on any atom is -0.454 e. The van der Waals surface area contributed by atoms with Crippen molar-refractivity contribution in [2.24, 2.45) is 0 Å². The maximum absolute atomic E-state index is 12.1. The molecule has 2 heterocycles. The van der Waals surface area contributed by atoms with Gasteiger partial charge in [0, 0.05) is 19.6 Å². The molecule has 7 nitrogen and oxygen atoms in total. The monoisotopic (exact) mass is 326 g/mol. The summed E-state index contributed by atoms with van der Waals surface area (Å²) in [4.78, 5) is 13.6. The molecule has 2 aliphatic rings. The smallest absolute Gasteiger partial charge is 0.317 e. The highest BCUT2D eigenvalue weighted by molar-refractivity contribution is 7.91. The van der Waals surface area contributed by atoms with Crippen molar-refractivity contribution in [2.45, 2.75) is 19.0 Å². The van der Waals surface area contributed by atoms with E-state index in [2.05, 4.69) is 5.32 Å². The molecule has 0 bridgehead atoms. The van der Waals surface area contributed by atoms with E-state index in [1.807, 2.05) is 12.1 Å². The van der Waals surface area contributed by atoms with Crippen LogP contribution in [-0.4, -0.2) is 50.7 Å². The van der Waals surface area contributed by atoms with Crippen LogP contribution in [-0.2, 0) is 16.4 Å². The van der Waals surface area contributed by atoms with Gasteiger partial charge in [0.05, 0.1) is 11.5 Å². The average Bonchev–Trinajstić information content (AvgIpc) is 3.09. The zero-order chi connectivity index (χ0) is 15.7. The van der Waals surface area contributed by atoms with E-state index in [-0.39, 0.29) is 30.4 Å². The zero-order valence-electron chi connectivity index (χ0n) is 12.2. The van der Waals surface area contributed by atoms with E-state index in [0.717, 1.165) is 5.56 Å². The summed E-state index contributed by atoms with van der Waals surface area (Å²) in [5.41, 5.74) is 0.894. The Bertz CT molecular complexity index is 688. The summed E-state index contributed by atoms with van der Waals surface area (Å²) < 4.78 is 33.5. The first kappa shape index (κ1) is 15.0. The maximum Gasteiger partial charge on any atom is 0.317 e. The Hall–Kier alpha value is -1.96. The van der Waals surface area contributed by atoms with Gasteiger partial charge in [-0.05, 0) is 24.1 Å². The van der Waals surface area contributed by atoms with Crippen molar-refractivity contribution in [3.05, 3.63) is 23.8 Å². The van der Waals surface area contributed by atoms with Crippen molar-refractivity contribution < 1.29 is 22.7 Å². The largest absolute Gasteiger partial charge is 0.454 e. The Morgan fingerprint density at radius 2 is 2.14 bits per heavy atom. The Morgan fingerprint density at radius 3 is 2.86 bits per heavy atom. The molecule has 0 radical (unpaired) electrons. The van der Waals surface area contributed by atoms with Gasteiger partial charge in [-0.15, -0.1) is 0 Å². The fourth-order valence-electron chi connectivity index (χ4n) is 2.60. The number of hydrogen-bond donors (Lipinski definition) is 1. The van der Waals surface area contributed by atoms with Crippen LogP contribution in [0.3, 0.4) is 0 Å². The van der Waals surface area contributed by atoms with Crippen LogP contribution >= 0.6 is 0 Å². The first-order valence-electron chi connectivity index (χ1n) is 7.04. The molecule has 0 aromatic heterocycles. The molecule has 1 atom stereocenters. The summed E-state index contributed by atoms with van der Waals surface area (Å²) in [5.74, 6) is 1.56. The van der Waals surface area contributed by atoms with Crippen LogP contribution in [0.2, 0.25) is 0 Å². The van der Waals surface area contributed by atoms with Crippen molar-refractivity contribution in [3.63, 3.8) is 0 Å². The van der Waals surface area contributed by atoms with Gasteiger partial charge in [-0.25, -0.2) is 13.2 Å². The second-order valence-corrected chi connectivity index (χ2v) is 7.74. The SMILES string of the molecule is CN(C(=O)NCc1ccc2c(c1)OCO2)C1CCS(=O)(=O)C1. The fraction of sp³-hybridized carbons (Fsp3) is 0.500. The predicted molar refractivity (Wildman–Crippen MR) is 79.6 cm³/mol. The van der Waals surface area contributed by atoms with Gasteiger partial charge < -0.3 is 19.7 Å². The van der Waals surface area contributed by atoms with Gasteiger partial charge in [0.15, 0.2) is 21.3 Å². The Morgan fingerprint density at radius 1 is 1.36 bits per heavy atom. The van der Waals surface area contributed by atoms with Gasteiger partial charge in [0.1, 0.15) is 0 Å². The molecule has 22 heavy (non-hydrogen) atoms. The Labute approximate surface area is 129 Å². The van der Waals surface area contributed by atoms with E-state index in [0.29, 0.717) is 24.5 Å². The summed E-state index contributed by atoms with van der Waals surface area (Å²) >= 11 is 0. The number of carbonyl (C=O) groups excluding carboxylic acids is 1. The van der Waals surface area contributed by atoms with E-state index in [9.17, 15) is 13.2 Å². The highest BCUT2D eigenvalue weighted by Crippen LogP contribution is 2.32. The minimum atomic E-state index is -3.00. The van der Waals surface area contributed by atoms with Crippen molar-refractivity contribution in [1.29, 1.82) is 0 Å². The average molecular weight is 326 g/mol. The van der Waals surface area contributed by atoms with Gasteiger partial charge >= 0.3 is 6.03 Å². The number of amides is 2. The number of rotatable bonds is 3. The minimum absolute atomic E-state index is 0.0426. The predicted octanol–water partition coefficient (Wildman–Crippen LogP) is 0.744. The molecule has 0 aliphatic carbocycles. The number of hydrogen-bond acceptors (Lipinski definition) is 5. The molecule has 2 aliphatic heterocycles. The number of ether oxygens (including phenoxy) is 2. The lowest BCUT2D eigenvalue weighted by molar-refractivity contribution is 0.174. The molecule has 1 aromatic rings. The Balaban J connectivity index is 1.56. The highest BCUT2D eigenvalue weighted by Gasteiger charge is 2.32. The third kappa shape index (κ3) is 3.11. The topological polar surface area (TPSA) is 84.9 Å². The summed E-state index contributed by atoms with van der Waals surface area (Å²) in [6.07, 6.45) is 0.496. The number of fused-ring (bicyclic) bond motifs is 1. The van der Waals surface area contributed by atoms with Gasteiger partial charge in [0.2, 0.25) is 6.79 Å². The molecule has 1 unspecified atom stereocenters. The zero-order valence-corrected chi connectivity index (χ0v) is 13.1. The van der Waals surface area contributed by atoms with Gasteiger partial charge in [-0.1, -0.05) is 6.07 Å². The first-order chi connectivity index (χ1) is 10.4. The third-order valence-electron chi connectivity index (χ3n) is 3.96. The molecule has 1 N–H and O–H groups in total. The van der Waals surface area contributed by atoms with E-state index in [1.54, 1.807) is 13.1 Å². The molecule has 1 saturated heterocycles. The molecular formula is C14H18N2O5S. The van der Waals surface area contributed by atoms with Crippen LogP contribution in [0.4, 0.5) is 4.79 Å². The number of nitrogens with zero attached hydrogens (tertiary/aromatic N) is 1. The standard InChI is InChI=1S/C14H18N2O5S/c1-16(11-4-5-22(18,19)8-11)14(17)15-7-10-2-3-12-13(6-10)21-9-20-12/h2-3,6,11H,4-5,7-9H2,1H3,(H,15,17). The lowest BCUT2D eigenvalue weighted by Gasteiger charge is -2.23. The number of nitrogens with one attached hydrogen (secondary N) is 1. The van der Waals surface area contributed by atoms with Crippen LogP contribution in [0.1, 0.15) is 12.0 Å². The summed E-state index contributed by atoms with van der Waals surface area (Å²) in [7, 11) is -1.37. The second kappa shape index (κ2) is 5.68. The molecule has 8 heteroatoms. The molecule has 120 valence electrons. The lowest BCUT2D eigenvalue weighted by Crippen LogP contribution is -2.43. The van der Waals surface area contributed by atoms with E-state index < -0.39 is 9.84 Å². The van der Waals surface area contributed by atoms with E-state index in [1.165, 1.54) is 4.90 Å². The second-order valence-electron chi connectivity index (χ2n) is 5.51. The van der Waals surface area contributed by atoms with Crippen LogP contribution in [0.25, 0.3) is 0 Å². The van der Waals surface area contributed by atoms with Gasteiger partial charge in [-0.2, -0.15) is 0 Å². The number of sulfone groups is 1. The van der Waals surface area contributed by atoms with Crippen molar-refractivity contribution in [3.8, 4) is 11.5 Å². The van der Waals surface area contributed by atoms with Crippen molar-refractivity contribution in [2.75, 3.05) is 25.3 Å². The molecule has 0 saturated carbocycles. The van der Waals surface area contributed by atoms with E-state index >= 15 is 0 Å². The fourth-order valence-corrected chi connectivity index (χ4v) is 4.37. The molecule has 1 aromatic carbocycles. The summed E-state index contributed by atoms with van der Waals surface area (Å²) in [6, 6.07) is 4.95. The third-order valence-corrected chi connectivity index (χ3v) is 5.71. The maximum atomic E-state index is 12.1. The van der Waals surface area contributed by atoms with Crippen LogP contribution in [0, 0.1) is 0 Å². The Kier molecular flexibility index (Phi) is 3.86. The quantitative estimate of drug-likeness (QED) is 0.886.